The van der Waals surface area contributed by atoms with Gasteiger partial charge in [-0.05, 0) is 20.8 Å². The Kier molecular flexibility index (Phi) is 10.3. The lowest BCUT2D eigenvalue weighted by Crippen LogP contribution is -2.25. The van der Waals surface area contributed by atoms with Crippen LogP contribution < -0.4 is 0 Å². The van der Waals surface area contributed by atoms with Gasteiger partial charge >= 0.3 is 0 Å². The molecule has 1 fully saturated rings. The fourth-order valence-corrected chi connectivity index (χ4v) is 1.54. The summed E-state index contributed by atoms with van der Waals surface area (Å²) >= 11 is 0. The van der Waals surface area contributed by atoms with E-state index in [1.54, 1.807) is 0 Å². The van der Waals surface area contributed by atoms with Crippen molar-refractivity contribution in [2.45, 2.75) is 39.6 Å². The molecule has 1 aliphatic heterocycles. The van der Waals surface area contributed by atoms with Crippen LogP contribution in [0, 0.1) is 5.92 Å². The van der Waals surface area contributed by atoms with E-state index in [-0.39, 0.29) is 18.7 Å². The Hall–Kier alpha value is -0.300. The Morgan fingerprint density at radius 3 is 2.32 bits per heavy atom. The molecule has 0 saturated carbocycles. The second-order valence-electron chi connectivity index (χ2n) is 4.84. The van der Waals surface area contributed by atoms with Gasteiger partial charge in [-0.1, -0.05) is 6.92 Å². The fourth-order valence-electron chi connectivity index (χ4n) is 1.54. The molecule has 1 rings (SSSR count). The van der Waals surface area contributed by atoms with Crippen LogP contribution in [0.25, 0.3) is 0 Å². The third-order valence-electron chi connectivity index (χ3n) is 2.25. The maximum absolute atomic E-state index is 11.7. The SMILES string of the molecule is CC(COCF)COCC1COC(C)(C)O1.CCF. The summed E-state index contributed by atoms with van der Waals surface area (Å²) < 4.78 is 43.1. The summed E-state index contributed by atoms with van der Waals surface area (Å²) in [6.45, 7) is 8.16. The van der Waals surface area contributed by atoms with Crippen molar-refractivity contribution >= 4 is 0 Å². The van der Waals surface area contributed by atoms with E-state index in [2.05, 4.69) is 4.74 Å². The minimum Gasteiger partial charge on any atom is -0.378 e. The summed E-state index contributed by atoms with van der Waals surface area (Å²) in [7, 11) is 0. The van der Waals surface area contributed by atoms with Crippen LogP contribution in [0.5, 0.6) is 0 Å². The first kappa shape index (κ1) is 18.7. The first-order valence-corrected chi connectivity index (χ1v) is 6.54. The van der Waals surface area contributed by atoms with Crippen molar-refractivity contribution in [3.8, 4) is 0 Å². The quantitative estimate of drug-likeness (QED) is 0.720. The third-order valence-corrected chi connectivity index (χ3v) is 2.25. The van der Waals surface area contributed by atoms with Crippen LogP contribution in [-0.4, -0.2) is 51.9 Å². The van der Waals surface area contributed by atoms with Gasteiger partial charge in [0.1, 0.15) is 6.10 Å². The lowest BCUT2D eigenvalue weighted by molar-refractivity contribution is -0.145. The predicted octanol–water partition coefficient (Wildman–Crippen LogP) is 2.71. The van der Waals surface area contributed by atoms with Gasteiger partial charge in [0.05, 0.1) is 33.1 Å². The Morgan fingerprint density at radius 1 is 1.26 bits per heavy atom. The minimum atomic E-state index is -0.738. The molecule has 0 aromatic carbocycles. The molecule has 1 aliphatic rings. The van der Waals surface area contributed by atoms with Crippen molar-refractivity contribution in [2.24, 2.45) is 5.92 Å². The van der Waals surface area contributed by atoms with Gasteiger partial charge in [-0.3, -0.25) is 4.39 Å². The van der Waals surface area contributed by atoms with Crippen LogP contribution >= 0.6 is 0 Å². The van der Waals surface area contributed by atoms with Crippen LogP contribution in [0.4, 0.5) is 8.78 Å². The van der Waals surface area contributed by atoms with Gasteiger partial charge in [0.15, 0.2) is 12.6 Å². The lowest BCUT2D eigenvalue weighted by Gasteiger charge is -2.17. The molecule has 19 heavy (non-hydrogen) atoms. The molecule has 0 amide bonds. The highest BCUT2D eigenvalue weighted by Crippen LogP contribution is 2.22. The van der Waals surface area contributed by atoms with Gasteiger partial charge in [0, 0.05) is 5.92 Å². The molecule has 0 bridgehead atoms. The highest BCUT2D eigenvalue weighted by Gasteiger charge is 2.32. The Labute approximate surface area is 114 Å². The molecular formula is C13H26F2O4. The summed E-state index contributed by atoms with van der Waals surface area (Å²) in [5.41, 5.74) is 0. The number of ether oxygens (including phenoxy) is 4. The van der Waals surface area contributed by atoms with Crippen molar-refractivity contribution in [1.82, 2.24) is 0 Å². The number of hydrogen-bond acceptors (Lipinski definition) is 4. The standard InChI is InChI=1S/C11H21FO4.C2H5F/c1-9(5-14-8-12)4-13-6-10-7-15-11(2,3)16-10;1-2-3/h9-10H,4-8H2,1-3H3;2H2,1H3. The van der Waals surface area contributed by atoms with E-state index in [0.717, 1.165) is 0 Å². The van der Waals surface area contributed by atoms with Crippen LogP contribution in [0.15, 0.2) is 0 Å². The normalized spacial score (nSPS) is 22.7. The lowest BCUT2D eigenvalue weighted by atomic mass is 10.2. The average molecular weight is 284 g/mol. The van der Waals surface area contributed by atoms with E-state index in [1.165, 1.54) is 6.92 Å². The van der Waals surface area contributed by atoms with E-state index < -0.39 is 12.6 Å². The topological polar surface area (TPSA) is 36.9 Å². The molecule has 0 radical (unpaired) electrons. The average Bonchev–Trinajstić information content (AvgIpc) is 2.67. The van der Waals surface area contributed by atoms with E-state index in [9.17, 15) is 8.78 Å². The van der Waals surface area contributed by atoms with Crippen LogP contribution in [0.1, 0.15) is 27.7 Å². The smallest absolute Gasteiger partial charge is 0.188 e. The molecule has 4 nitrogen and oxygen atoms in total. The fraction of sp³-hybridized carbons (Fsp3) is 1.00. The molecule has 116 valence electrons. The van der Waals surface area contributed by atoms with Gasteiger partial charge in [0.2, 0.25) is 0 Å². The molecule has 0 aromatic rings. The van der Waals surface area contributed by atoms with Crippen molar-refractivity contribution < 1.29 is 27.7 Å². The molecule has 6 heteroatoms. The van der Waals surface area contributed by atoms with Crippen LogP contribution in [-0.2, 0) is 18.9 Å². The second kappa shape index (κ2) is 10.5. The molecule has 2 unspecified atom stereocenters. The van der Waals surface area contributed by atoms with Gasteiger partial charge in [-0.25, -0.2) is 4.39 Å². The summed E-state index contributed by atoms with van der Waals surface area (Å²) in [5.74, 6) is -0.317. The van der Waals surface area contributed by atoms with E-state index in [0.29, 0.717) is 26.4 Å². The predicted molar refractivity (Wildman–Crippen MR) is 68.5 cm³/mol. The molecule has 0 aliphatic carbocycles. The van der Waals surface area contributed by atoms with Crippen molar-refractivity contribution in [3.05, 3.63) is 0 Å². The summed E-state index contributed by atoms with van der Waals surface area (Å²) in [6.07, 6.45) is -0.00991. The molecule has 0 spiro atoms. The third kappa shape index (κ3) is 10.2. The first-order valence-electron chi connectivity index (χ1n) is 6.54. The van der Waals surface area contributed by atoms with E-state index in [4.69, 9.17) is 14.2 Å². The number of alkyl halides is 2. The molecule has 1 saturated heterocycles. The first-order chi connectivity index (χ1) is 8.95. The maximum Gasteiger partial charge on any atom is 0.188 e. The van der Waals surface area contributed by atoms with Crippen molar-refractivity contribution in [2.75, 3.05) is 40.0 Å². The van der Waals surface area contributed by atoms with Gasteiger partial charge in [0.25, 0.3) is 0 Å². The van der Waals surface area contributed by atoms with Crippen LogP contribution in [0.2, 0.25) is 0 Å². The Bertz CT molecular complexity index is 215. The van der Waals surface area contributed by atoms with Crippen molar-refractivity contribution in [1.29, 1.82) is 0 Å². The molecule has 0 N–H and O–H groups in total. The molecule has 1 heterocycles. The number of hydrogen-bond donors (Lipinski definition) is 0. The zero-order valence-corrected chi connectivity index (χ0v) is 12.3. The highest BCUT2D eigenvalue weighted by molar-refractivity contribution is 4.70. The zero-order valence-electron chi connectivity index (χ0n) is 12.3. The molecule has 2 atom stereocenters. The van der Waals surface area contributed by atoms with Gasteiger partial charge in [-0.15, -0.1) is 0 Å². The Morgan fingerprint density at radius 2 is 1.84 bits per heavy atom. The second-order valence-corrected chi connectivity index (χ2v) is 4.84. The summed E-state index contributed by atoms with van der Waals surface area (Å²) in [4.78, 5) is 0. The summed E-state index contributed by atoms with van der Waals surface area (Å²) in [5, 5.41) is 0. The number of rotatable bonds is 7. The molecular weight excluding hydrogens is 258 g/mol. The van der Waals surface area contributed by atoms with Gasteiger partial charge in [-0.2, -0.15) is 0 Å². The zero-order chi connectivity index (χ0) is 14.7. The largest absolute Gasteiger partial charge is 0.378 e. The molecule has 0 aromatic heterocycles. The van der Waals surface area contributed by atoms with Crippen molar-refractivity contribution in [3.63, 3.8) is 0 Å². The number of halogens is 2. The highest BCUT2D eigenvalue weighted by atomic mass is 19.1. The van der Waals surface area contributed by atoms with Gasteiger partial charge < -0.3 is 18.9 Å². The Balaban J connectivity index is 0.000000982. The summed E-state index contributed by atoms with van der Waals surface area (Å²) in [6, 6.07) is 0. The van der Waals surface area contributed by atoms with E-state index in [1.807, 2.05) is 20.8 Å². The monoisotopic (exact) mass is 284 g/mol. The maximum atomic E-state index is 11.7. The van der Waals surface area contributed by atoms with Crippen LogP contribution in [0.3, 0.4) is 0 Å². The minimum absolute atomic E-state index is 0.00991. The van der Waals surface area contributed by atoms with E-state index >= 15 is 0 Å².